The van der Waals surface area contributed by atoms with Gasteiger partial charge in [0.1, 0.15) is 0 Å². The second-order valence-corrected chi connectivity index (χ2v) is 4.33. The molecule has 0 aliphatic heterocycles. The van der Waals surface area contributed by atoms with Gasteiger partial charge in [0.05, 0.1) is 26.4 Å². The Morgan fingerprint density at radius 3 is 2.71 bits per heavy atom. The van der Waals surface area contributed by atoms with E-state index < -0.39 is 0 Å². The number of rotatable bonds is 8. The van der Waals surface area contributed by atoms with E-state index in [0.29, 0.717) is 32.4 Å². The lowest BCUT2D eigenvalue weighted by molar-refractivity contribution is 0.0748. The molecule has 2 unspecified atom stereocenters. The van der Waals surface area contributed by atoms with Crippen LogP contribution >= 0.6 is 0 Å². The first-order chi connectivity index (χ1) is 8.27. The predicted octanol–water partition coefficient (Wildman–Crippen LogP) is 0.613. The molecular formula is C12H25N3O2. The maximum atomic E-state index is 5.36. The highest BCUT2D eigenvalue weighted by Gasteiger charge is 2.33. The van der Waals surface area contributed by atoms with E-state index in [1.807, 2.05) is 0 Å². The molecule has 1 aliphatic carbocycles. The molecular weight excluding hydrogens is 218 g/mol. The Morgan fingerprint density at radius 2 is 2.12 bits per heavy atom. The number of nitrogens with one attached hydrogen (secondary N) is 2. The summed E-state index contributed by atoms with van der Waals surface area (Å²) in [6, 6.07) is 0.599. The van der Waals surface area contributed by atoms with Crippen molar-refractivity contribution in [1.29, 1.82) is 0 Å². The molecule has 0 aromatic carbocycles. The van der Waals surface area contributed by atoms with Crippen LogP contribution in [0, 0.1) is 5.92 Å². The van der Waals surface area contributed by atoms with Crippen LogP contribution in [0.3, 0.4) is 0 Å². The number of ether oxygens (including phenoxy) is 2. The van der Waals surface area contributed by atoms with Crippen molar-refractivity contribution < 1.29 is 9.47 Å². The second-order valence-electron chi connectivity index (χ2n) is 4.33. The molecule has 0 aromatic heterocycles. The fourth-order valence-electron chi connectivity index (χ4n) is 1.49. The van der Waals surface area contributed by atoms with Crippen molar-refractivity contribution >= 4 is 5.96 Å². The van der Waals surface area contributed by atoms with Crippen LogP contribution in [0.15, 0.2) is 4.99 Å². The van der Waals surface area contributed by atoms with E-state index in [-0.39, 0.29) is 0 Å². The van der Waals surface area contributed by atoms with E-state index in [4.69, 9.17) is 9.47 Å². The van der Waals surface area contributed by atoms with Crippen molar-refractivity contribution in [3.63, 3.8) is 0 Å². The van der Waals surface area contributed by atoms with Gasteiger partial charge in [0, 0.05) is 19.7 Å². The lowest BCUT2D eigenvalue weighted by atomic mass is 10.5. The van der Waals surface area contributed by atoms with Gasteiger partial charge in [-0.05, 0) is 19.3 Å². The summed E-state index contributed by atoms with van der Waals surface area (Å²) in [5, 5.41) is 6.64. The maximum absolute atomic E-state index is 5.36. The first-order valence-electron chi connectivity index (χ1n) is 6.39. The summed E-state index contributed by atoms with van der Waals surface area (Å²) in [6.07, 6.45) is 1.24. The molecule has 0 radical (unpaired) electrons. The molecule has 0 saturated heterocycles. The fourth-order valence-corrected chi connectivity index (χ4v) is 1.49. The van der Waals surface area contributed by atoms with Crippen LogP contribution in [0.25, 0.3) is 0 Å². The summed E-state index contributed by atoms with van der Waals surface area (Å²) >= 11 is 0. The molecule has 0 bridgehead atoms. The van der Waals surface area contributed by atoms with Gasteiger partial charge in [0.2, 0.25) is 0 Å². The molecule has 100 valence electrons. The SMILES string of the molecule is CCNC(=NCCOCCOC)NC1CC1C. The molecule has 17 heavy (non-hydrogen) atoms. The minimum atomic E-state index is 0.599. The van der Waals surface area contributed by atoms with Crippen LogP contribution in [0.4, 0.5) is 0 Å². The predicted molar refractivity (Wildman–Crippen MR) is 69.4 cm³/mol. The quantitative estimate of drug-likeness (QED) is 0.373. The molecule has 1 saturated carbocycles. The Morgan fingerprint density at radius 1 is 1.35 bits per heavy atom. The third-order valence-corrected chi connectivity index (χ3v) is 2.71. The van der Waals surface area contributed by atoms with Crippen LogP contribution in [-0.4, -0.2) is 52.0 Å². The zero-order valence-electron chi connectivity index (χ0n) is 11.2. The van der Waals surface area contributed by atoms with Crippen LogP contribution in [0.5, 0.6) is 0 Å². The third-order valence-electron chi connectivity index (χ3n) is 2.71. The van der Waals surface area contributed by atoms with Gasteiger partial charge in [0.25, 0.3) is 0 Å². The number of methoxy groups -OCH3 is 1. The molecule has 0 heterocycles. The number of nitrogens with zero attached hydrogens (tertiary/aromatic N) is 1. The highest BCUT2D eigenvalue weighted by molar-refractivity contribution is 5.80. The van der Waals surface area contributed by atoms with E-state index in [0.717, 1.165) is 18.4 Å². The van der Waals surface area contributed by atoms with Gasteiger partial charge in [-0.15, -0.1) is 0 Å². The van der Waals surface area contributed by atoms with Gasteiger partial charge in [-0.1, -0.05) is 6.92 Å². The van der Waals surface area contributed by atoms with Crippen LogP contribution < -0.4 is 10.6 Å². The summed E-state index contributed by atoms with van der Waals surface area (Å²) in [7, 11) is 1.67. The Bertz CT molecular complexity index is 234. The molecule has 2 N–H and O–H groups in total. The minimum Gasteiger partial charge on any atom is -0.382 e. The molecule has 1 rings (SSSR count). The average Bonchev–Trinajstić information content (AvgIpc) is 2.99. The molecule has 1 fully saturated rings. The van der Waals surface area contributed by atoms with Crippen molar-refractivity contribution in [1.82, 2.24) is 10.6 Å². The molecule has 0 aromatic rings. The summed E-state index contributed by atoms with van der Waals surface area (Å²) in [5.41, 5.74) is 0. The third kappa shape index (κ3) is 6.48. The van der Waals surface area contributed by atoms with Gasteiger partial charge < -0.3 is 20.1 Å². The molecule has 5 heteroatoms. The Hall–Kier alpha value is -0.810. The zero-order valence-corrected chi connectivity index (χ0v) is 11.2. The Labute approximate surface area is 104 Å². The normalized spacial score (nSPS) is 23.6. The Balaban J connectivity index is 2.12. The van der Waals surface area contributed by atoms with E-state index in [9.17, 15) is 0 Å². The summed E-state index contributed by atoms with van der Waals surface area (Å²) in [6.45, 7) is 7.80. The van der Waals surface area contributed by atoms with Crippen LogP contribution in [0.1, 0.15) is 20.3 Å². The standard InChI is InChI=1S/C12H25N3O2/c1-4-13-12(15-11-9-10(11)2)14-5-6-17-8-7-16-3/h10-11H,4-9H2,1-3H3,(H2,13,14,15). The monoisotopic (exact) mass is 243 g/mol. The van der Waals surface area contributed by atoms with Gasteiger partial charge in [0.15, 0.2) is 5.96 Å². The van der Waals surface area contributed by atoms with Gasteiger partial charge >= 0.3 is 0 Å². The topological polar surface area (TPSA) is 54.9 Å². The number of hydrogen-bond donors (Lipinski definition) is 2. The molecule has 0 amide bonds. The van der Waals surface area contributed by atoms with Gasteiger partial charge in [-0.2, -0.15) is 0 Å². The highest BCUT2D eigenvalue weighted by atomic mass is 16.5. The molecule has 5 nitrogen and oxygen atoms in total. The van der Waals surface area contributed by atoms with E-state index in [1.165, 1.54) is 6.42 Å². The number of guanidine groups is 1. The first kappa shape index (κ1) is 14.3. The van der Waals surface area contributed by atoms with Crippen LogP contribution in [0.2, 0.25) is 0 Å². The van der Waals surface area contributed by atoms with Crippen molar-refractivity contribution in [2.75, 3.05) is 40.0 Å². The lowest BCUT2D eigenvalue weighted by Gasteiger charge is -2.10. The largest absolute Gasteiger partial charge is 0.382 e. The lowest BCUT2D eigenvalue weighted by Crippen LogP contribution is -2.39. The highest BCUT2D eigenvalue weighted by Crippen LogP contribution is 2.28. The van der Waals surface area contributed by atoms with Crippen molar-refractivity contribution in [3.8, 4) is 0 Å². The van der Waals surface area contributed by atoms with E-state index in [1.54, 1.807) is 7.11 Å². The summed E-state index contributed by atoms with van der Waals surface area (Å²) in [5.74, 6) is 1.68. The fraction of sp³-hybridized carbons (Fsp3) is 0.917. The maximum Gasteiger partial charge on any atom is 0.191 e. The number of hydrogen-bond acceptors (Lipinski definition) is 3. The summed E-state index contributed by atoms with van der Waals surface area (Å²) in [4.78, 5) is 4.45. The van der Waals surface area contributed by atoms with Crippen molar-refractivity contribution in [3.05, 3.63) is 0 Å². The van der Waals surface area contributed by atoms with Gasteiger partial charge in [-0.25, -0.2) is 0 Å². The second kappa shape index (κ2) is 8.31. The Kier molecular flexibility index (Phi) is 6.96. The first-order valence-corrected chi connectivity index (χ1v) is 6.39. The average molecular weight is 243 g/mol. The molecule has 0 spiro atoms. The van der Waals surface area contributed by atoms with Crippen molar-refractivity contribution in [2.45, 2.75) is 26.3 Å². The zero-order chi connectivity index (χ0) is 12.5. The van der Waals surface area contributed by atoms with E-state index in [2.05, 4.69) is 29.5 Å². The van der Waals surface area contributed by atoms with E-state index >= 15 is 0 Å². The van der Waals surface area contributed by atoms with Gasteiger partial charge in [-0.3, -0.25) is 4.99 Å². The smallest absolute Gasteiger partial charge is 0.191 e. The van der Waals surface area contributed by atoms with Crippen molar-refractivity contribution in [2.24, 2.45) is 10.9 Å². The molecule has 1 aliphatic rings. The minimum absolute atomic E-state index is 0.599. The van der Waals surface area contributed by atoms with Crippen LogP contribution in [-0.2, 0) is 9.47 Å². The summed E-state index contributed by atoms with van der Waals surface area (Å²) < 4.78 is 10.3. The number of aliphatic imine (C=N–C) groups is 1. The molecule has 2 atom stereocenters.